The number of Topliss-reactive ketones (excluding diaryl/α,β-unsaturated/α-hetero) is 1. The highest BCUT2D eigenvalue weighted by molar-refractivity contribution is 5.83. The minimum absolute atomic E-state index is 0.0990. The Morgan fingerprint density at radius 3 is 2.56 bits per heavy atom. The quantitative estimate of drug-likeness (QED) is 0.849. The number of rotatable bonds is 6. The topological polar surface area (TPSA) is 43.1 Å². The van der Waals surface area contributed by atoms with Crippen LogP contribution in [0.25, 0.3) is 0 Å². The van der Waals surface area contributed by atoms with Crippen molar-refractivity contribution in [3.8, 4) is 0 Å². The van der Waals surface area contributed by atoms with E-state index in [2.05, 4.69) is 0 Å². The monoisotopic (exact) mass is 255 g/mol. The third-order valence-electron chi connectivity index (χ3n) is 2.87. The number of hydrogen-bond donors (Lipinski definition) is 1. The third-order valence-corrected chi connectivity index (χ3v) is 2.87. The number of hydrogen-bond acceptors (Lipinski definition) is 2. The van der Waals surface area contributed by atoms with Gasteiger partial charge in [-0.2, -0.15) is 0 Å². The van der Waals surface area contributed by atoms with E-state index < -0.39 is 11.6 Å². The first kappa shape index (κ1) is 14.8. The van der Waals surface area contributed by atoms with E-state index in [9.17, 15) is 13.6 Å². The summed E-state index contributed by atoms with van der Waals surface area (Å²) in [5.41, 5.74) is 5.65. The van der Waals surface area contributed by atoms with Gasteiger partial charge in [0.05, 0.1) is 0 Å². The molecule has 0 heterocycles. The Labute approximate surface area is 106 Å². The summed E-state index contributed by atoms with van der Waals surface area (Å²) in [7, 11) is 0. The Morgan fingerprint density at radius 1 is 1.33 bits per heavy atom. The largest absolute Gasteiger partial charge is 0.330 e. The molecule has 100 valence electrons. The zero-order chi connectivity index (χ0) is 13.7. The molecule has 2 N–H and O–H groups in total. The van der Waals surface area contributed by atoms with Crippen LogP contribution in [-0.4, -0.2) is 12.3 Å². The zero-order valence-corrected chi connectivity index (χ0v) is 10.7. The minimum atomic E-state index is -0.551. The van der Waals surface area contributed by atoms with Crippen LogP contribution in [0.5, 0.6) is 0 Å². The Balaban J connectivity index is 2.76. The average molecular weight is 255 g/mol. The lowest BCUT2D eigenvalue weighted by molar-refractivity contribution is -0.122. The maximum absolute atomic E-state index is 13.4. The normalized spacial score (nSPS) is 12.8. The van der Waals surface area contributed by atoms with Gasteiger partial charge in [-0.05, 0) is 36.1 Å². The van der Waals surface area contributed by atoms with Gasteiger partial charge in [0, 0.05) is 18.9 Å². The molecule has 0 saturated carbocycles. The molecule has 0 aliphatic carbocycles. The van der Waals surface area contributed by atoms with E-state index >= 15 is 0 Å². The van der Waals surface area contributed by atoms with Crippen molar-refractivity contribution >= 4 is 5.78 Å². The lowest BCUT2D eigenvalue weighted by Crippen LogP contribution is -2.26. The molecule has 1 unspecified atom stereocenters. The summed E-state index contributed by atoms with van der Waals surface area (Å²) in [5, 5.41) is 0. The van der Waals surface area contributed by atoms with Crippen LogP contribution in [0.4, 0.5) is 8.78 Å². The molecular weight excluding hydrogens is 236 g/mol. The molecule has 4 heteroatoms. The predicted octanol–water partition coefficient (Wildman–Crippen LogP) is 2.70. The molecule has 1 aromatic carbocycles. The van der Waals surface area contributed by atoms with E-state index in [-0.39, 0.29) is 30.2 Å². The molecule has 0 spiro atoms. The molecular formula is C14H19F2NO. The lowest BCUT2D eigenvalue weighted by atomic mass is 9.90. The standard InChI is InChI=1S/C14H19F2NO/c1-9(2)5-11(8-17)14(18)7-10-6-12(15)3-4-13(10)16/h3-4,6,9,11H,5,7-8,17H2,1-2H3. The van der Waals surface area contributed by atoms with Gasteiger partial charge in [-0.1, -0.05) is 13.8 Å². The Morgan fingerprint density at radius 2 is 2.00 bits per heavy atom. The van der Waals surface area contributed by atoms with Crippen molar-refractivity contribution in [1.82, 2.24) is 0 Å². The van der Waals surface area contributed by atoms with Gasteiger partial charge in [0.15, 0.2) is 0 Å². The maximum Gasteiger partial charge on any atom is 0.141 e. The number of benzene rings is 1. The average Bonchev–Trinajstić information content (AvgIpc) is 2.30. The van der Waals surface area contributed by atoms with Gasteiger partial charge in [-0.15, -0.1) is 0 Å². The van der Waals surface area contributed by atoms with Crippen molar-refractivity contribution in [2.24, 2.45) is 17.6 Å². The summed E-state index contributed by atoms with van der Waals surface area (Å²) in [6.45, 7) is 4.24. The van der Waals surface area contributed by atoms with Crippen molar-refractivity contribution in [3.05, 3.63) is 35.4 Å². The van der Waals surface area contributed by atoms with Crippen LogP contribution in [0.1, 0.15) is 25.8 Å². The molecule has 1 aromatic rings. The van der Waals surface area contributed by atoms with Gasteiger partial charge in [0.1, 0.15) is 17.4 Å². The summed E-state index contributed by atoms with van der Waals surface area (Å²) in [6, 6.07) is 3.14. The van der Waals surface area contributed by atoms with E-state index in [0.717, 1.165) is 18.2 Å². The predicted molar refractivity (Wildman–Crippen MR) is 67.1 cm³/mol. The highest BCUT2D eigenvalue weighted by Gasteiger charge is 2.19. The van der Waals surface area contributed by atoms with Crippen molar-refractivity contribution < 1.29 is 13.6 Å². The molecule has 0 amide bonds. The van der Waals surface area contributed by atoms with Crippen molar-refractivity contribution in [2.75, 3.05) is 6.54 Å². The first-order valence-electron chi connectivity index (χ1n) is 6.10. The second-order valence-electron chi connectivity index (χ2n) is 4.94. The summed E-state index contributed by atoms with van der Waals surface area (Å²) < 4.78 is 26.4. The highest BCUT2D eigenvalue weighted by atomic mass is 19.1. The van der Waals surface area contributed by atoms with Crippen molar-refractivity contribution in [2.45, 2.75) is 26.7 Å². The number of nitrogens with two attached hydrogens (primary N) is 1. The fourth-order valence-electron chi connectivity index (χ4n) is 1.94. The second kappa shape index (κ2) is 6.59. The fourth-order valence-corrected chi connectivity index (χ4v) is 1.94. The molecule has 0 aliphatic rings. The zero-order valence-electron chi connectivity index (χ0n) is 10.7. The van der Waals surface area contributed by atoms with E-state index in [1.165, 1.54) is 0 Å². The molecule has 18 heavy (non-hydrogen) atoms. The van der Waals surface area contributed by atoms with E-state index in [0.29, 0.717) is 12.3 Å². The molecule has 1 atom stereocenters. The van der Waals surface area contributed by atoms with Gasteiger partial charge >= 0.3 is 0 Å². The first-order chi connectivity index (χ1) is 8.43. The molecule has 2 nitrogen and oxygen atoms in total. The summed E-state index contributed by atoms with van der Waals surface area (Å²) >= 11 is 0. The van der Waals surface area contributed by atoms with Crippen molar-refractivity contribution in [3.63, 3.8) is 0 Å². The third kappa shape index (κ3) is 4.18. The first-order valence-corrected chi connectivity index (χ1v) is 6.10. The van der Waals surface area contributed by atoms with E-state index in [1.807, 2.05) is 13.8 Å². The van der Waals surface area contributed by atoms with Crippen LogP contribution < -0.4 is 5.73 Å². The molecule has 0 saturated heterocycles. The van der Waals surface area contributed by atoms with E-state index in [4.69, 9.17) is 5.73 Å². The SMILES string of the molecule is CC(C)CC(CN)C(=O)Cc1cc(F)ccc1F. The summed E-state index contributed by atoms with van der Waals surface area (Å²) in [4.78, 5) is 12.0. The Hall–Kier alpha value is -1.29. The Kier molecular flexibility index (Phi) is 5.41. The maximum atomic E-state index is 13.4. The van der Waals surface area contributed by atoms with Crippen LogP contribution in [0.2, 0.25) is 0 Å². The lowest BCUT2D eigenvalue weighted by Gasteiger charge is -2.16. The number of ketones is 1. The number of halogens is 2. The summed E-state index contributed by atoms with van der Waals surface area (Å²) in [6.07, 6.45) is 0.574. The van der Waals surface area contributed by atoms with Gasteiger partial charge in [0.2, 0.25) is 0 Å². The molecule has 0 fully saturated rings. The van der Waals surface area contributed by atoms with Crippen LogP contribution in [0, 0.1) is 23.5 Å². The molecule has 0 radical (unpaired) electrons. The van der Waals surface area contributed by atoms with Gasteiger partial charge in [-0.25, -0.2) is 8.78 Å². The summed E-state index contributed by atoms with van der Waals surface area (Å²) in [5.74, 6) is -1.15. The van der Waals surface area contributed by atoms with Gasteiger partial charge in [0.25, 0.3) is 0 Å². The van der Waals surface area contributed by atoms with Crippen LogP contribution in [-0.2, 0) is 11.2 Å². The molecule has 0 bridgehead atoms. The van der Waals surface area contributed by atoms with Gasteiger partial charge in [-0.3, -0.25) is 4.79 Å². The van der Waals surface area contributed by atoms with Crippen LogP contribution in [0.3, 0.4) is 0 Å². The minimum Gasteiger partial charge on any atom is -0.330 e. The number of carbonyl (C=O) groups is 1. The smallest absolute Gasteiger partial charge is 0.141 e. The van der Waals surface area contributed by atoms with Crippen LogP contribution in [0.15, 0.2) is 18.2 Å². The molecule has 1 rings (SSSR count). The Bertz CT molecular complexity index is 418. The number of carbonyl (C=O) groups excluding carboxylic acids is 1. The highest BCUT2D eigenvalue weighted by Crippen LogP contribution is 2.16. The fraction of sp³-hybridized carbons (Fsp3) is 0.500. The molecule has 0 aliphatic heterocycles. The van der Waals surface area contributed by atoms with Gasteiger partial charge < -0.3 is 5.73 Å². The second-order valence-corrected chi connectivity index (χ2v) is 4.94. The molecule has 0 aromatic heterocycles. The van der Waals surface area contributed by atoms with Crippen LogP contribution >= 0.6 is 0 Å². The van der Waals surface area contributed by atoms with Crippen molar-refractivity contribution in [1.29, 1.82) is 0 Å². The van der Waals surface area contributed by atoms with E-state index in [1.54, 1.807) is 0 Å².